The second-order valence-electron chi connectivity index (χ2n) is 4.10. The predicted molar refractivity (Wildman–Crippen MR) is 62.7 cm³/mol. The molecular weight excluding hydrogens is 220 g/mol. The van der Waals surface area contributed by atoms with Gasteiger partial charge in [0.15, 0.2) is 0 Å². The van der Waals surface area contributed by atoms with E-state index in [1.54, 1.807) is 0 Å². The van der Waals surface area contributed by atoms with E-state index in [0.717, 1.165) is 5.56 Å². The van der Waals surface area contributed by atoms with Gasteiger partial charge in [-0.1, -0.05) is 30.3 Å². The molecular formula is C13H18O4. The van der Waals surface area contributed by atoms with E-state index in [1.165, 1.54) is 0 Å². The first-order chi connectivity index (χ1) is 8.38. The lowest BCUT2D eigenvalue weighted by Crippen LogP contribution is -2.40. The van der Waals surface area contributed by atoms with Crippen LogP contribution in [0.2, 0.25) is 0 Å². The van der Waals surface area contributed by atoms with Crippen molar-refractivity contribution in [2.75, 3.05) is 26.4 Å². The summed E-state index contributed by atoms with van der Waals surface area (Å²) in [7, 11) is 0. The first kappa shape index (κ1) is 12.5. The first-order valence-electron chi connectivity index (χ1n) is 5.84. The molecule has 0 radical (unpaired) electrons. The number of rotatable bonds is 5. The van der Waals surface area contributed by atoms with Crippen molar-refractivity contribution in [3.8, 4) is 0 Å². The van der Waals surface area contributed by atoms with E-state index in [2.05, 4.69) is 0 Å². The van der Waals surface area contributed by atoms with E-state index in [9.17, 15) is 0 Å². The van der Waals surface area contributed by atoms with Crippen molar-refractivity contribution in [3.63, 3.8) is 0 Å². The summed E-state index contributed by atoms with van der Waals surface area (Å²) in [5.41, 5.74) is 1.14. The molecule has 1 saturated heterocycles. The van der Waals surface area contributed by atoms with Gasteiger partial charge in [-0.25, -0.2) is 0 Å². The van der Waals surface area contributed by atoms with E-state index in [4.69, 9.17) is 19.3 Å². The highest BCUT2D eigenvalue weighted by molar-refractivity contribution is 5.13. The fourth-order valence-corrected chi connectivity index (χ4v) is 1.75. The molecule has 0 spiro atoms. The van der Waals surface area contributed by atoms with Gasteiger partial charge < -0.3 is 19.3 Å². The number of hydrogen-bond acceptors (Lipinski definition) is 4. The zero-order valence-corrected chi connectivity index (χ0v) is 9.75. The predicted octanol–water partition coefficient (Wildman–Crippen LogP) is 0.979. The summed E-state index contributed by atoms with van der Waals surface area (Å²) in [6.07, 6.45) is -0.293. The van der Waals surface area contributed by atoms with Gasteiger partial charge in [0, 0.05) is 0 Å². The topological polar surface area (TPSA) is 47.9 Å². The molecule has 1 aliphatic heterocycles. The van der Waals surface area contributed by atoms with Crippen LogP contribution < -0.4 is 0 Å². The zero-order chi connectivity index (χ0) is 11.9. The second-order valence-corrected chi connectivity index (χ2v) is 4.10. The van der Waals surface area contributed by atoms with Crippen LogP contribution in [0.3, 0.4) is 0 Å². The Bertz CT molecular complexity index is 314. The molecule has 1 aliphatic rings. The molecule has 0 aliphatic carbocycles. The van der Waals surface area contributed by atoms with Gasteiger partial charge in [0.2, 0.25) is 0 Å². The van der Waals surface area contributed by atoms with Crippen LogP contribution in [0.15, 0.2) is 30.3 Å². The molecule has 94 valence electrons. The lowest BCUT2D eigenvalue weighted by molar-refractivity contribution is -0.168. The molecule has 0 amide bonds. The minimum Gasteiger partial charge on any atom is -0.394 e. The van der Waals surface area contributed by atoms with Gasteiger partial charge in [0.25, 0.3) is 0 Å². The van der Waals surface area contributed by atoms with Crippen molar-refractivity contribution in [1.29, 1.82) is 0 Å². The molecule has 1 aromatic carbocycles. The molecule has 0 saturated carbocycles. The summed E-state index contributed by atoms with van der Waals surface area (Å²) in [6, 6.07) is 10.00. The Balaban J connectivity index is 1.68. The summed E-state index contributed by atoms with van der Waals surface area (Å²) < 4.78 is 16.5. The highest BCUT2D eigenvalue weighted by Crippen LogP contribution is 2.09. The fraction of sp³-hybridized carbons (Fsp3) is 0.538. The van der Waals surface area contributed by atoms with Crippen molar-refractivity contribution in [2.45, 2.75) is 18.8 Å². The normalized spacial score (nSPS) is 24.8. The van der Waals surface area contributed by atoms with E-state index in [0.29, 0.717) is 26.4 Å². The van der Waals surface area contributed by atoms with Crippen LogP contribution >= 0.6 is 0 Å². The minimum absolute atomic E-state index is 0.00478. The highest BCUT2D eigenvalue weighted by Gasteiger charge is 2.22. The monoisotopic (exact) mass is 238 g/mol. The van der Waals surface area contributed by atoms with E-state index in [1.807, 2.05) is 30.3 Å². The smallest absolute Gasteiger partial charge is 0.105 e. The quantitative estimate of drug-likeness (QED) is 0.830. The number of aliphatic hydroxyl groups excluding tert-OH is 1. The maximum atomic E-state index is 8.97. The summed E-state index contributed by atoms with van der Waals surface area (Å²) >= 11 is 0. The Morgan fingerprint density at radius 2 is 1.94 bits per heavy atom. The van der Waals surface area contributed by atoms with Crippen LogP contribution in [0.5, 0.6) is 0 Å². The maximum Gasteiger partial charge on any atom is 0.105 e. The average molecular weight is 238 g/mol. The van der Waals surface area contributed by atoms with Gasteiger partial charge in [-0.15, -0.1) is 0 Å². The Morgan fingerprint density at radius 3 is 2.71 bits per heavy atom. The maximum absolute atomic E-state index is 8.97. The van der Waals surface area contributed by atoms with Crippen molar-refractivity contribution < 1.29 is 19.3 Å². The highest BCUT2D eigenvalue weighted by atomic mass is 16.6. The van der Waals surface area contributed by atoms with Gasteiger partial charge in [0.1, 0.15) is 12.2 Å². The molecule has 1 heterocycles. The van der Waals surface area contributed by atoms with Crippen molar-refractivity contribution >= 4 is 0 Å². The summed E-state index contributed by atoms with van der Waals surface area (Å²) in [5.74, 6) is 0. The Morgan fingerprint density at radius 1 is 1.18 bits per heavy atom. The van der Waals surface area contributed by atoms with Crippen molar-refractivity contribution in [1.82, 2.24) is 0 Å². The summed E-state index contributed by atoms with van der Waals surface area (Å²) in [4.78, 5) is 0. The van der Waals surface area contributed by atoms with Crippen LogP contribution in [0.1, 0.15) is 5.56 Å². The molecule has 0 bridgehead atoms. The van der Waals surface area contributed by atoms with Gasteiger partial charge in [-0.05, 0) is 5.56 Å². The van der Waals surface area contributed by atoms with Gasteiger partial charge in [-0.3, -0.25) is 0 Å². The standard InChI is InChI=1S/C13H18O4/c14-6-12-8-16-10-13(17-12)9-15-7-11-4-2-1-3-5-11/h1-5,12-14H,6-10H2. The lowest BCUT2D eigenvalue weighted by Gasteiger charge is -2.28. The summed E-state index contributed by atoms with van der Waals surface area (Å²) in [6.45, 7) is 2.06. The molecule has 4 heteroatoms. The SMILES string of the molecule is OCC1COCC(COCc2ccccc2)O1. The molecule has 1 aromatic rings. The van der Waals surface area contributed by atoms with Gasteiger partial charge >= 0.3 is 0 Å². The molecule has 2 atom stereocenters. The van der Waals surface area contributed by atoms with E-state index < -0.39 is 0 Å². The Hall–Kier alpha value is -0.940. The molecule has 2 rings (SSSR count). The molecule has 1 fully saturated rings. The number of hydrogen-bond donors (Lipinski definition) is 1. The number of aliphatic hydroxyl groups is 1. The number of ether oxygens (including phenoxy) is 3. The Labute approximate surface area is 101 Å². The second kappa shape index (κ2) is 6.71. The Kier molecular flexibility index (Phi) is 4.94. The van der Waals surface area contributed by atoms with Crippen LogP contribution in [-0.4, -0.2) is 43.7 Å². The van der Waals surface area contributed by atoms with Crippen LogP contribution in [-0.2, 0) is 20.8 Å². The first-order valence-corrected chi connectivity index (χ1v) is 5.84. The van der Waals surface area contributed by atoms with Gasteiger partial charge in [-0.2, -0.15) is 0 Å². The van der Waals surface area contributed by atoms with Gasteiger partial charge in [0.05, 0.1) is 33.0 Å². The third kappa shape index (κ3) is 4.09. The zero-order valence-electron chi connectivity index (χ0n) is 9.75. The van der Waals surface area contributed by atoms with E-state index >= 15 is 0 Å². The third-order valence-electron chi connectivity index (χ3n) is 2.61. The molecule has 17 heavy (non-hydrogen) atoms. The minimum atomic E-state index is -0.214. The van der Waals surface area contributed by atoms with Crippen molar-refractivity contribution in [3.05, 3.63) is 35.9 Å². The average Bonchev–Trinajstić information content (AvgIpc) is 2.40. The number of benzene rings is 1. The van der Waals surface area contributed by atoms with Crippen LogP contribution in [0.25, 0.3) is 0 Å². The lowest BCUT2D eigenvalue weighted by atomic mass is 10.2. The molecule has 1 N–H and O–H groups in total. The van der Waals surface area contributed by atoms with E-state index in [-0.39, 0.29) is 18.8 Å². The molecule has 0 aromatic heterocycles. The fourth-order valence-electron chi connectivity index (χ4n) is 1.75. The van der Waals surface area contributed by atoms with Crippen molar-refractivity contribution in [2.24, 2.45) is 0 Å². The van der Waals surface area contributed by atoms with Crippen LogP contribution in [0, 0.1) is 0 Å². The molecule has 2 unspecified atom stereocenters. The summed E-state index contributed by atoms with van der Waals surface area (Å²) in [5, 5.41) is 8.97. The van der Waals surface area contributed by atoms with Crippen LogP contribution in [0.4, 0.5) is 0 Å². The third-order valence-corrected chi connectivity index (χ3v) is 2.61. The molecule has 4 nitrogen and oxygen atoms in total. The largest absolute Gasteiger partial charge is 0.394 e.